The van der Waals surface area contributed by atoms with Gasteiger partial charge in [0.15, 0.2) is 0 Å². The first-order chi connectivity index (χ1) is 6.29. The molecule has 4 heteroatoms. The van der Waals surface area contributed by atoms with Crippen molar-refractivity contribution in [2.45, 2.75) is 0 Å². The summed E-state index contributed by atoms with van der Waals surface area (Å²) in [6, 6.07) is 3.05. The van der Waals surface area contributed by atoms with Crippen LogP contribution in [0.25, 0.3) is 0 Å². The summed E-state index contributed by atoms with van der Waals surface area (Å²) < 4.78 is 12.5. The number of aliphatic hydroxyl groups is 1. The lowest BCUT2D eigenvalue weighted by Gasteiger charge is -2.39. The zero-order chi connectivity index (χ0) is 9.26. The number of aliphatic hydroxyl groups excluding tert-OH is 1. The summed E-state index contributed by atoms with van der Waals surface area (Å²) in [5.74, 6) is 0.820. The Hall–Kier alpha value is -1.16. The fraction of sp³-hybridized carbons (Fsp3) is 0.444. The van der Waals surface area contributed by atoms with E-state index in [0.717, 1.165) is 18.9 Å². The highest BCUT2D eigenvalue weighted by Crippen LogP contribution is 2.21. The summed E-state index contributed by atoms with van der Waals surface area (Å²) in [6.07, 6.45) is 1.21. The molecule has 0 bridgehead atoms. The third-order valence-electron chi connectivity index (χ3n) is 2.25. The smallest absolute Gasteiger partial charge is 0.141 e. The standard InChI is InChI=1S/C9H11FN2O/c10-8-1-2-9(11-3-8)12-4-7(5-12)6-13/h1-3,7,13H,4-6H2. The lowest BCUT2D eigenvalue weighted by molar-refractivity contribution is 0.200. The Balaban J connectivity index is 1.99. The van der Waals surface area contributed by atoms with Crippen LogP contribution in [0.1, 0.15) is 0 Å². The van der Waals surface area contributed by atoms with Gasteiger partial charge in [0.05, 0.1) is 6.20 Å². The quantitative estimate of drug-likeness (QED) is 0.729. The van der Waals surface area contributed by atoms with Crippen LogP contribution in [-0.4, -0.2) is 29.8 Å². The van der Waals surface area contributed by atoms with Crippen LogP contribution in [-0.2, 0) is 0 Å². The van der Waals surface area contributed by atoms with Crippen LogP contribution in [0.4, 0.5) is 10.2 Å². The zero-order valence-electron chi connectivity index (χ0n) is 7.15. The Morgan fingerprint density at radius 2 is 2.31 bits per heavy atom. The summed E-state index contributed by atoms with van der Waals surface area (Å²) in [7, 11) is 0. The molecule has 1 saturated heterocycles. The minimum atomic E-state index is -0.317. The van der Waals surface area contributed by atoms with Gasteiger partial charge in [-0.05, 0) is 12.1 Å². The molecule has 0 unspecified atom stereocenters. The number of pyridine rings is 1. The average Bonchev–Trinajstić information content (AvgIpc) is 2.06. The van der Waals surface area contributed by atoms with Crippen LogP contribution in [0.5, 0.6) is 0 Å². The highest BCUT2D eigenvalue weighted by molar-refractivity contribution is 5.41. The molecule has 2 heterocycles. The fourth-order valence-corrected chi connectivity index (χ4v) is 1.43. The highest BCUT2D eigenvalue weighted by atomic mass is 19.1. The minimum Gasteiger partial charge on any atom is -0.396 e. The monoisotopic (exact) mass is 182 g/mol. The van der Waals surface area contributed by atoms with Crippen molar-refractivity contribution in [3.63, 3.8) is 0 Å². The second-order valence-electron chi connectivity index (χ2n) is 3.29. The fourth-order valence-electron chi connectivity index (χ4n) is 1.43. The second kappa shape index (κ2) is 3.30. The predicted molar refractivity (Wildman–Crippen MR) is 47.0 cm³/mol. The van der Waals surface area contributed by atoms with E-state index in [2.05, 4.69) is 4.98 Å². The van der Waals surface area contributed by atoms with Crippen molar-refractivity contribution < 1.29 is 9.50 Å². The zero-order valence-corrected chi connectivity index (χ0v) is 7.15. The van der Waals surface area contributed by atoms with Gasteiger partial charge in [0.25, 0.3) is 0 Å². The third kappa shape index (κ3) is 1.62. The molecular weight excluding hydrogens is 171 g/mol. The van der Waals surface area contributed by atoms with E-state index < -0.39 is 0 Å². The van der Waals surface area contributed by atoms with Gasteiger partial charge in [0.1, 0.15) is 11.6 Å². The van der Waals surface area contributed by atoms with Gasteiger partial charge in [-0.2, -0.15) is 0 Å². The van der Waals surface area contributed by atoms with Crippen molar-refractivity contribution in [1.29, 1.82) is 0 Å². The van der Waals surface area contributed by atoms with Crippen LogP contribution in [0.15, 0.2) is 18.3 Å². The number of hydrogen-bond acceptors (Lipinski definition) is 3. The molecule has 1 aromatic rings. The van der Waals surface area contributed by atoms with Crippen molar-refractivity contribution in [2.24, 2.45) is 5.92 Å². The topological polar surface area (TPSA) is 36.4 Å². The largest absolute Gasteiger partial charge is 0.396 e. The Morgan fingerprint density at radius 3 is 2.85 bits per heavy atom. The van der Waals surface area contributed by atoms with Crippen LogP contribution in [0.3, 0.4) is 0 Å². The number of rotatable bonds is 2. The van der Waals surface area contributed by atoms with E-state index in [4.69, 9.17) is 5.11 Å². The molecule has 70 valence electrons. The first kappa shape index (κ1) is 8.44. The summed E-state index contributed by atoms with van der Waals surface area (Å²) in [4.78, 5) is 5.95. The first-order valence-electron chi connectivity index (χ1n) is 4.27. The lowest BCUT2D eigenvalue weighted by atomic mass is 10.0. The Kier molecular flexibility index (Phi) is 2.14. The highest BCUT2D eigenvalue weighted by Gasteiger charge is 2.26. The Labute approximate surface area is 75.8 Å². The maximum Gasteiger partial charge on any atom is 0.141 e. The lowest BCUT2D eigenvalue weighted by Crippen LogP contribution is -2.48. The summed E-state index contributed by atoms with van der Waals surface area (Å²) in [5.41, 5.74) is 0. The van der Waals surface area contributed by atoms with E-state index in [1.54, 1.807) is 6.07 Å². The van der Waals surface area contributed by atoms with Gasteiger partial charge in [-0.25, -0.2) is 9.37 Å². The van der Waals surface area contributed by atoms with E-state index in [1.165, 1.54) is 12.3 Å². The molecule has 0 spiro atoms. The van der Waals surface area contributed by atoms with Gasteiger partial charge in [0.2, 0.25) is 0 Å². The molecule has 0 radical (unpaired) electrons. The Bertz CT molecular complexity index is 282. The number of aromatic nitrogens is 1. The first-order valence-corrected chi connectivity index (χ1v) is 4.27. The molecule has 0 amide bonds. The van der Waals surface area contributed by atoms with Gasteiger partial charge < -0.3 is 10.0 Å². The molecule has 1 aliphatic rings. The van der Waals surface area contributed by atoms with Crippen molar-refractivity contribution >= 4 is 5.82 Å². The third-order valence-corrected chi connectivity index (χ3v) is 2.25. The molecule has 0 aromatic carbocycles. The molecule has 0 saturated carbocycles. The van der Waals surface area contributed by atoms with Crippen molar-refractivity contribution in [1.82, 2.24) is 4.98 Å². The summed E-state index contributed by atoms with van der Waals surface area (Å²) >= 11 is 0. The molecule has 2 rings (SSSR count). The maximum atomic E-state index is 12.5. The molecule has 1 fully saturated rings. The minimum absolute atomic E-state index is 0.220. The predicted octanol–water partition coefficient (Wildman–Crippen LogP) is 0.649. The molecule has 0 aliphatic carbocycles. The van der Waals surface area contributed by atoms with Gasteiger partial charge in [-0.15, -0.1) is 0 Å². The number of nitrogens with zero attached hydrogens (tertiary/aromatic N) is 2. The molecule has 1 aliphatic heterocycles. The van der Waals surface area contributed by atoms with Gasteiger partial charge in [-0.3, -0.25) is 0 Å². The van der Waals surface area contributed by atoms with Crippen molar-refractivity contribution in [3.8, 4) is 0 Å². The van der Waals surface area contributed by atoms with Crippen LogP contribution >= 0.6 is 0 Å². The van der Waals surface area contributed by atoms with Crippen LogP contribution < -0.4 is 4.90 Å². The molecule has 3 nitrogen and oxygen atoms in total. The Morgan fingerprint density at radius 1 is 1.54 bits per heavy atom. The molecule has 1 aromatic heterocycles. The second-order valence-corrected chi connectivity index (χ2v) is 3.29. The van der Waals surface area contributed by atoms with Gasteiger partial charge in [0, 0.05) is 25.6 Å². The number of hydrogen-bond donors (Lipinski definition) is 1. The van der Waals surface area contributed by atoms with E-state index >= 15 is 0 Å². The molecular formula is C9H11FN2O. The van der Waals surface area contributed by atoms with E-state index in [1.807, 2.05) is 4.90 Å². The number of anilines is 1. The van der Waals surface area contributed by atoms with Crippen molar-refractivity contribution in [3.05, 3.63) is 24.1 Å². The van der Waals surface area contributed by atoms with Crippen LogP contribution in [0.2, 0.25) is 0 Å². The molecule has 0 atom stereocenters. The van der Waals surface area contributed by atoms with E-state index in [0.29, 0.717) is 5.92 Å². The molecule has 1 N–H and O–H groups in total. The normalized spacial score (nSPS) is 17.2. The summed E-state index contributed by atoms with van der Waals surface area (Å²) in [5, 5.41) is 8.79. The van der Waals surface area contributed by atoms with Crippen LogP contribution in [0, 0.1) is 11.7 Å². The van der Waals surface area contributed by atoms with E-state index in [9.17, 15) is 4.39 Å². The maximum absolute atomic E-state index is 12.5. The SMILES string of the molecule is OCC1CN(c2ccc(F)cn2)C1. The van der Waals surface area contributed by atoms with Gasteiger partial charge in [-0.1, -0.05) is 0 Å². The van der Waals surface area contributed by atoms with Gasteiger partial charge >= 0.3 is 0 Å². The van der Waals surface area contributed by atoms with Crippen molar-refractivity contribution in [2.75, 3.05) is 24.6 Å². The summed E-state index contributed by atoms with van der Waals surface area (Å²) in [6.45, 7) is 1.85. The van der Waals surface area contributed by atoms with E-state index in [-0.39, 0.29) is 12.4 Å². The number of halogens is 1. The molecule has 13 heavy (non-hydrogen) atoms. The average molecular weight is 182 g/mol.